The van der Waals surface area contributed by atoms with Crippen molar-refractivity contribution in [1.29, 1.82) is 0 Å². The Morgan fingerprint density at radius 2 is 2.10 bits per heavy atom. The van der Waals surface area contributed by atoms with E-state index in [1.807, 2.05) is 31.2 Å². The molecule has 0 saturated heterocycles. The molecule has 3 nitrogen and oxygen atoms in total. The van der Waals surface area contributed by atoms with Crippen LogP contribution in [0.15, 0.2) is 24.3 Å². The van der Waals surface area contributed by atoms with Crippen LogP contribution in [0, 0.1) is 5.92 Å². The van der Waals surface area contributed by atoms with Crippen molar-refractivity contribution in [3.8, 4) is 0 Å². The van der Waals surface area contributed by atoms with E-state index >= 15 is 0 Å². The molecule has 1 aliphatic carbocycles. The van der Waals surface area contributed by atoms with Gasteiger partial charge in [0.25, 0.3) is 0 Å². The van der Waals surface area contributed by atoms with Gasteiger partial charge in [0.1, 0.15) is 0 Å². The zero-order valence-corrected chi connectivity index (χ0v) is 12.4. The van der Waals surface area contributed by atoms with Crippen molar-refractivity contribution < 1.29 is 4.79 Å². The van der Waals surface area contributed by atoms with Gasteiger partial charge in [-0.25, -0.2) is 0 Å². The second kappa shape index (κ2) is 7.32. The van der Waals surface area contributed by atoms with Crippen LogP contribution in [0.1, 0.15) is 56.9 Å². The second-order valence-electron chi connectivity index (χ2n) is 5.98. The Labute approximate surface area is 121 Å². The minimum absolute atomic E-state index is 0.103. The zero-order chi connectivity index (χ0) is 14.4. The maximum atomic E-state index is 12.1. The van der Waals surface area contributed by atoms with Crippen molar-refractivity contribution in [3.05, 3.63) is 29.8 Å². The second-order valence-corrected chi connectivity index (χ2v) is 5.98. The van der Waals surface area contributed by atoms with E-state index in [2.05, 4.69) is 5.32 Å². The summed E-state index contributed by atoms with van der Waals surface area (Å²) in [5, 5.41) is 3.07. The first kappa shape index (κ1) is 14.9. The van der Waals surface area contributed by atoms with E-state index in [0.717, 1.165) is 24.4 Å². The number of carbonyl (C=O) groups is 1. The number of nitrogen functional groups attached to an aromatic ring is 1. The minimum Gasteiger partial charge on any atom is -0.399 e. The molecule has 1 amide bonds. The maximum Gasteiger partial charge on any atom is 0.227 e. The normalized spacial score (nSPS) is 17.6. The highest BCUT2D eigenvalue weighted by atomic mass is 16.1. The third-order valence-corrected chi connectivity index (χ3v) is 4.38. The van der Waals surface area contributed by atoms with Gasteiger partial charge in [0.15, 0.2) is 0 Å². The highest BCUT2D eigenvalue weighted by Gasteiger charge is 2.17. The predicted octanol–water partition coefficient (Wildman–Crippen LogP) is 3.46. The number of benzene rings is 1. The summed E-state index contributed by atoms with van der Waals surface area (Å²) in [7, 11) is 0. The summed E-state index contributed by atoms with van der Waals surface area (Å²) in [6.45, 7) is 2.74. The summed E-state index contributed by atoms with van der Waals surface area (Å²) in [6, 6.07) is 7.58. The molecule has 0 bridgehead atoms. The van der Waals surface area contributed by atoms with Gasteiger partial charge >= 0.3 is 0 Å². The molecular formula is C17H26N2O. The van der Waals surface area contributed by atoms with Gasteiger partial charge in [-0.15, -0.1) is 0 Å². The van der Waals surface area contributed by atoms with Gasteiger partial charge in [-0.3, -0.25) is 4.79 Å². The molecule has 2 rings (SSSR count). The van der Waals surface area contributed by atoms with E-state index in [0.29, 0.717) is 5.69 Å². The topological polar surface area (TPSA) is 55.1 Å². The molecule has 1 aromatic carbocycles. The van der Waals surface area contributed by atoms with Crippen LogP contribution in [0.3, 0.4) is 0 Å². The van der Waals surface area contributed by atoms with Gasteiger partial charge in [0, 0.05) is 12.2 Å². The number of nitrogens with two attached hydrogens (primary N) is 1. The predicted molar refractivity (Wildman–Crippen MR) is 83.5 cm³/mol. The molecule has 0 aliphatic heterocycles. The third-order valence-electron chi connectivity index (χ3n) is 4.38. The molecule has 3 N–H and O–H groups in total. The summed E-state index contributed by atoms with van der Waals surface area (Å²) in [6.07, 6.45) is 7.89. The summed E-state index contributed by atoms with van der Waals surface area (Å²) >= 11 is 0. The fourth-order valence-electron chi connectivity index (χ4n) is 3.01. The molecule has 0 aromatic heterocycles. The summed E-state index contributed by atoms with van der Waals surface area (Å²) in [5.74, 6) is 0.781. The molecule has 20 heavy (non-hydrogen) atoms. The van der Waals surface area contributed by atoms with Crippen LogP contribution in [-0.4, -0.2) is 12.5 Å². The molecule has 0 heterocycles. The number of nitrogens with one attached hydrogen (secondary N) is 1. The molecule has 0 radical (unpaired) electrons. The average molecular weight is 274 g/mol. The molecule has 1 aromatic rings. The van der Waals surface area contributed by atoms with Crippen molar-refractivity contribution in [3.63, 3.8) is 0 Å². The molecule has 110 valence electrons. The van der Waals surface area contributed by atoms with Gasteiger partial charge in [-0.2, -0.15) is 0 Å². The average Bonchev–Trinajstić information content (AvgIpc) is 2.47. The fourth-order valence-corrected chi connectivity index (χ4v) is 3.01. The van der Waals surface area contributed by atoms with Gasteiger partial charge in [-0.05, 0) is 37.0 Å². The van der Waals surface area contributed by atoms with E-state index < -0.39 is 0 Å². The van der Waals surface area contributed by atoms with Crippen LogP contribution in [-0.2, 0) is 4.79 Å². The molecule has 1 saturated carbocycles. The van der Waals surface area contributed by atoms with Crippen LogP contribution in [0.25, 0.3) is 0 Å². The van der Waals surface area contributed by atoms with Crippen molar-refractivity contribution >= 4 is 11.6 Å². The van der Waals surface area contributed by atoms with Gasteiger partial charge in [0.2, 0.25) is 5.91 Å². The maximum absolute atomic E-state index is 12.1. The first-order valence-corrected chi connectivity index (χ1v) is 7.80. The summed E-state index contributed by atoms with van der Waals surface area (Å²) < 4.78 is 0. The van der Waals surface area contributed by atoms with E-state index in [1.54, 1.807) is 0 Å². The molecule has 1 fully saturated rings. The third kappa shape index (κ3) is 4.26. The zero-order valence-electron chi connectivity index (χ0n) is 12.4. The van der Waals surface area contributed by atoms with Crippen LogP contribution in [0.2, 0.25) is 0 Å². The lowest BCUT2D eigenvalue weighted by atomic mass is 9.87. The van der Waals surface area contributed by atoms with Gasteiger partial charge in [-0.1, -0.05) is 44.2 Å². The molecular weight excluding hydrogens is 248 g/mol. The molecule has 1 unspecified atom stereocenters. The van der Waals surface area contributed by atoms with Crippen molar-refractivity contribution in [2.24, 2.45) is 5.92 Å². The number of rotatable bonds is 5. The SMILES string of the molecule is CC(C(=O)NCCC1CCCCC1)c1cccc(N)c1. The van der Waals surface area contributed by atoms with Crippen molar-refractivity contribution in [2.45, 2.75) is 51.4 Å². The Morgan fingerprint density at radius 3 is 2.80 bits per heavy atom. The number of anilines is 1. The fraction of sp³-hybridized carbons (Fsp3) is 0.588. The van der Waals surface area contributed by atoms with E-state index in [-0.39, 0.29) is 11.8 Å². The molecule has 3 heteroatoms. The van der Waals surface area contributed by atoms with Crippen LogP contribution in [0.5, 0.6) is 0 Å². The Kier molecular flexibility index (Phi) is 5.45. The number of hydrogen-bond acceptors (Lipinski definition) is 2. The minimum atomic E-state index is -0.134. The highest BCUT2D eigenvalue weighted by Crippen LogP contribution is 2.26. The summed E-state index contributed by atoms with van der Waals surface area (Å²) in [5.41, 5.74) is 7.46. The smallest absolute Gasteiger partial charge is 0.227 e. The van der Waals surface area contributed by atoms with Crippen molar-refractivity contribution in [1.82, 2.24) is 5.32 Å². The van der Waals surface area contributed by atoms with Crippen molar-refractivity contribution in [2.75, 3.05) is 12.3 Å². The number of amides is 1. The van der Waals surface area contributed by atoms with Crippen LogP contribution < -0.4 is 11.1 Å². The standard InChI is InChI=1S/C17H26N2O/c1-13(15-8-5-9-16(18)12-15)17(20)19-11-10-14-6-3-2-4-7-14/h5,8-9,12-14H,2-4,6-7,10-11,18H2,1H3,(H,19,20). The lowest BCUT2D eigenvalue weighted by Gasteiger charge is -2.22. The Balaban J connectivity index is 1.76. The van der Waals surface area contributed by atoms with E-state index in [9.17, 15) is 4.79 Å². The quantitative estimate of drug-likeness (QED) is 0.808. The van der Waals surface area contributed by atoms with Crippen LogP contribution in [0.4, 0.5) is 5.69 Å². The van der Waals surface area contributed by atoms with E-state index in [4.69, 9.17) is 5.73 Å². The largest absolute Gasteiger partial charge is 0.399 e. The monoisotopic (exact) mass is 274 g/mol. The molecule has 1 aliphatic rings. The summed E-state index contributed by atoms with van der Waals surface area (Å²) in [4.78, 5) is 12.1. The number of hydrogen-bond donors (Lipinski definition) is 2. The van der Waals surface area contributed by atoms with E-state index in [1.165, 1.54) is 32.1 Å². The molecule has 1 atom stereocenters. The number of carbonyl (C=O) groups excluding carboxylic acids is 1. The van der Waals surface area contributed by atoms with Crippen LogP contribution >= 0.6 is 0 Å². The lowest BCUT2D eigenvalue weighted by Crippen LogP contribution is -2.30. The molecule has 0 spiro atoms. The Hall–Kier alpha value is -1.51. The highest BCUT2D eigenvalue weighted by molar-refractivity contribution is 5.83. The lowest BCUT2D eigenvalue weighted by molar-refractivity contribution is -0.122. The Bertz CT molecular complexity index is 438. The Morgan fingerprint density at radius 1 is 1.35 bits per heavy atom. The van der Waals surface area contributed by atoms with Gasteiger partial charge < -0.3 is 11.1 Å². The first-order valence-electron chi connectivity index (χ1n) is 7.80. The van der Waals surface area contributed by atoms with Gasteiger partial charge in [0.05, 0.1) is 5.92 Å². The first-order chi connectivity index (χ1) is 9.66.